The molecule has 0 amide bonds. The lowest BCUT2D eigenvalue weighted by atomic mass is 10.1. The van der Waals surface area contributed by atoms with Crippen LogP contribution in [0.3, 0.4) is 0 Å². The van der Waals surface area contributed by atoms with Crippen LogP contribution in [0.15, 0.2) is 29.4 Å². The Morgan fingerprint density at radius 1 is 1.32 bits per heavy atom. The number of nitrogens with two attached hydrogens (primary N) is 1. The van der Waals surface area contributed by atoms with Crippen molar-refractivity contribution >= 4 is 11.8 Å². The van der Waals surface area contributed by atoms with Crippen LogP contribution < -0.4 is 10.5 Å². The quantitative estimate of drug-likeness (QED) is 0.846. The molecule has 0 radical (unpaired) electrons. The third kappa shape index (κ3) is 3.08. The van der Waals surface area contributed by atoms with E-state index in [-0.39, 0.29) is 5.25 Å². The van der Waals surface area contributed by atoms with E-state index in [1.165, 1.54) is 0 Å². The number of rotatable bonds is 5. The van der Waals surface area contributed by atoms with Gasteiger partial charge in [-0.05, 0) is 24.6 Å². The fraction of sp³-hybridized carbons (Fsp3) is 0.385. The van der Waals surface area contributed by atoms with Crippen molar-refractivity contribution in [2.45, 2.75) is 17.3 Å². The van der Waals surface area contributed by atoms with Crippen molar-refractivity contribution in [1.29, 1.82) is 0 Å². The van der Waals surface area contributed by atoms with Crippen LogP contribution in [-0.4, -0.2) is 28.4 Å². The molecule has 1 heterocycles. The number of ether oxygens (including phenoxy) is 1. The number of nitrogens with zero attached hydrogens (tertiary/aromatic N) is 3. The van der Waals surface area contributed by atoms with E-state index in [1.807, 2.05) is 42.8 Å². The SMILES string of the molecule is COc1ccc(C(CN)Sc2nnc(C)n2C)cc1. The Balaban J connectivity index is 2.17. The Morgan fingerprint density at radius 2 is 2.00 bits per heavy atom. The van der Waals surface area contributed by atoms with Gasteiger partial charge in [0, 0.05) is 18.8 Å². The van der Waals surface area contributed by atoms with E-state index in [2.05, 4.69) is 10.2 Å². The summed E-state index contributed by atoms with van der Waals surface area (Å²) in [7, 11) is 3.62. The molecule has 0 aliphatic rings. The summed E-state index contributed by atoms with van der Waals surface area (Å²) in [4.78, 5) is 0. The van der Waals surface area contributed by atoms with Gasteiger partial charge in [0.15, 0.2) is 5.16 Å². The minimum absolute atomic E-state index is 0.160. The molecule has 6 heteroatoms. The molecule has 1 aromatic heterocycles. The first-order valence-electron chi connectivity index (χ1n) is 6.02. The molecule has 1 atom stereocenters. The van der Waals surface area contributed by atoms with Crippen molar-refractivity contribution in [1.82, 2.24) is 14.8 Å². The summed E-state index contributed by atoms with van der Waals surface area (Å²) in [6, 6.07) is 7.96. The Hall–Kier alpha value is -1.53. The van der Waals surface area contributed by atoms with E-state index in [9.17, 15) is 0 Å². The van der Waals surface area contributed by atoms with Crippen molar-refractivity contribution in [3.05, 3.63) is 35.7 Å². The van der Waals surface area contributed by atoms with Gasteiger partial charge in [0.25, 0.3) is 0 Å². The zero-order chi connectivity index (χ0) is 13.8. The predicted octanol–water partition coefficient (Wildman–Crippen LogP) is 1.92. The Morgan fingerprint density at radius 3 is 2.47 bits per heavy atom. The highest BCUT2D eigenvalue weighted by Crippen LogP contribution is 2.33. The van der Waals surface area contributed by atoms with E-state index in [0.717, 1.165) is 22.3 Å². The van der Waals surface area contributed by atoms with Gasteiger partial charge < -0.3 is 15.0 Å². The monoisotopic (exact) mass is 278 g/mol. The smallest absolute Gasteiger partial charge is 0.191 e. The third-order valence-electron chi connectivity index (χ3n) is 3.00. The Labute approximate surface area is 117 Å². The second-order valence-electron chi connectivity index (χ2n) is 4.20. The molecule has 2 rings (SSSR count). The first kappa shape index (κ1) is 13.9. The fourth-order valence-corrected chi connectivity index (χ4v) is 2.71. The summed E-state index contributed by atoms with van der Waals surface area (Å²) in [5.74, 6) is 1.74. The normalized spacial score (nSPS) is 12.4. The minimum Gasteiger partial charge on any atom is -0.497 e. The van der Waals surface area contributed by atoms with Gasteiger partial charge in [-0.3, -0.25) is 0 Å². The highest BCUT2D eigenvalue weighted by Gasteiger charge is 2.15. The average Bonchev–Trinajstić information content (AvgIpc) is 2.76. The molecule has 0 fully saturated rings. The van der Waals surface area contributed by atoms with Crippen LogP contribution in [0, 0.1) is 6.92 Å². The zero-order valence-electron chi connectivity index (χ0n) is 11.3. The molecule has 0 aliphatic heterocycles. The third-order valence-corrected chi connectivity index (χ3v) is 4.32. The van der Waals surface area contributed by atoms with Crippen LogP contribution in [-0.2, 0) is 7.05 Å². The largest absolute Gasteiger partial charge is 0.497 e. The van der Waals surface area contributed by atoms with Gasteiger partial charge in [-0.25, -0.2) is 0 Å². The van der Waals surface area contributed by atoms with E-state index < -0.39 is 0 Å². The standard InChI is InChI=1S/C13H18N4OS/c1-9-15-16-13(17(9)2)19-12(8-14)10-4-6-11(18-3)7-5-10/h4-7,12H,8,14H2,1-3H3. The summed E-state index contributed by atoms with van der Waals surface area (Å²) in [5, 5.41) is 9.25. The summed E-state index contributed by atoms with van der Waals surface area (Å²) in [6.07, 6.45) is 0. The van der Waals surface area contributed by atoms with Crippen molar-refractivity contribution in [3.63, 3.8) is 0 Å². The molecule has 102 valence electrons. The van der Waals surface area contributed by atoms with Crippen molar-refractivity contribution in [2.75, 3.05) is 13.7 Å². The van der Waals surface area contributed by atoms with Crippen LogP contribution >= 0.6 is 11.8 Å². The number of aryl methyl sites for hydroxylation is 1. The van der Waals surface area contributed by atoms with Gasteiger partial charge >= 0.3 is 0 Å². The molecule has 0 saturated carbocycles. The van der Waals surface area contributed by atoms with E-state index >= 15 is 0 Å². The van der Waals surface area contributed by atoms with Crippen molar-refractivity contribution in [2.24, 2.45) is 12.8 Å². The fourth-order valence-electron chi connectivity index (χ4n) is 1.69. The Kier molecular flexibility index (Phi) is 4.44. The molecule has 2 aromatic rings. The molecular formula is C13H18N4OS. The maximum atomic E-state index is 5.87. The van der Waals surface area contributed by atoms with Gasteiger partial charge in [-0.2, -0.15) is 0 Å². The Bertz CT molecular complexity index is 538. The summed E-state index contributed by atoms with van der Waals surface area (Å²) < 4.78 is 7.13. The molecule has 2 N–H and O–H groups in total. The molecule has 1 aromatic carbocycles. The number of aromatic nitrogens is 3. The number of hydrogen-bond acceptors (Lipinski definition) is 5. The molecule has 5 nitrogen and oxygen atoms in total. The molecule has 0 saturated heterocycles. The maximum Gasteiger partial charge on any atom is 0.191 e. The summed E-state index contributed by atoms with van der Waals surface area (Å²) in [6.45, 7) is 2.48. The first-order valence-corrected chi connectivity index (χ1v) is 6.90. The van der Waals surface area contributed by atoms with Gasteiger partial charge in [0.2, 0.25) is 0 Å². The van der Waals surface area contributed by atoms with Gasteiger partial charge in [0.1, 0.15) is 11.6 Å². The van der Waals surface area contributed by atoms with Gasteiger partial charge in [-0.1, -0.05) is 23.9 Å². The first-order chi connectivity index (χ1) is 9.15. The molecule has 19 heavy (non-hydrogen) atoms. The van der Waals surface area contributed by atoms with Crippen LogP contribution in [0.25, 0.3) is 0 Å². The van der Waals surface area contributed by atoms with E-state index in [1.54, 1.807) is 18.9 Å². The summed E-state index contributed by atoms with van der Waals surface area (Å²) in [5.41, 5.74) is 7.03. The second-order valence-corrected chi connectivity index (χ2v) is 5.37. The van der Waals surface area contributed by atoms with Gasteiger partial charge in [-0.15, -0.1) is 10.2 Å². The number of methoxy groups -OCH3 is 1. The molecular weight excluding hydrogens is 260 g/mol. The molecule has 1 unspecified atom stereocenters. The number of thioether (sulfide) groups is 1. The second kappa shape index (κ2) is 6.08. The average molecular weight is 278 g/mol. The lowest BCUT2D eigenvalue weighted by Gasteiger charge is -2.14. The van der Waals surface area contributed by atoms with Crippen molar-refractivity contribution in [3.8, 4) is 5.75 Å². The topological polar surface area (TPSA) is 66.0 Å². The van der Waals surface area contributed by atoms with E-state index in [0.29, 0.717) is 6.54 Å². The zero-order valence-corrected chi connectivity index (χ0v) is 12.1. The molecule has 0 spiro atoms. The highest BCUT2D eigenvalue weighted by atomic mass is 32.2. The van der Waals surface area contributed by atoms with E-state index in [4.69, 9.17) is 10.5 Å². The van der Waals surface area contributed by atoms with Crippen LogP contribution in [0.5, 0.6) is 5.75 Å². The molecule has 0 aliphatic carbocycles. The highest BCUT2D eigenvalue weighted by molar-refractivity contribution is 7.99. The number of benzene rings is 1. The van der Waals surface area contributed by atoms with Crippen LogP contribution in [0.1, 0.15) is 16.6 Å². The lowest BCUT2D eigenvalue weighted by Crippen LogP contribution is -2.10. The van der Waals surface area contributed by atoms with Gasteiger partial charge in [0.05, 0.1) is 7.11 Å². The van der Waals surface area contributed by atoms with Crippen molar-refractivity contribution < 1.29 is 4.74 Å². The van der Waals surface area contributed by atoms with Crippen LogP contribution in [0.2, 0.25) is 0 Å². The number of hydrogen-bond donors (Lipinski definition) is 1. The predicted molar refractivity (Wildman–Crippen MR) is 76.4 cm³/mol. The maximum absolute atomic E-state index is 5.87. The lowest BCUT2D eigenvalue weighted by molar-refractivity contribution is 0.414. The molecule has 0 bridgehead atoms. The summed E-state index contributed by atoms with van der Waals surface area (Å²) >= 11 is 1.63. The minimum atomic E-state index is 0.160. The van der Waals surface area contributed by atoms with Crippen LogP contribution in [0.4, 0.5) is 0 Å².